The molecule has 108 valence electrons. The fourth-order valence-electron chi connectivity index (χ4n) is 2.81. The van der Waals surface area contributed by atoms with Crippen LogP contribution in [0.15, 0.2) is 18.5 Å². The molecule has 1 aliphatic rings. The SMILES string of the molecule is O[C@H]1CCCN[C@@H]1CCCn1cnc2nc(Cl)ccc21. The molecule has 5 nitrogen and oxygen atoms in total. The van der Waals surface area contributed by atoms with Gasteiger partial charge in [0.15, 0.2) is 5.65 Å². The predicted octanol–water partition coefficient (Wildman–Crippen LogP) is 1.98. The second kappa shape index (κ2) is 6.08. The van der Waals surface area contributed by atoms with Crippen molar-refractivity contribution in [3.8, 4) is 0 Å². The lowest BCUT2D eigenvalue weighted by Gasteiger charge is -2.28. The third-order valence-electron chi connectivity index (χ3n) is 3.91. The molecule has 2 aromatic rings. The number of aryl methyl sites for hydroxylation is 1. The van der Waals surface area contributed by atoms with E-state index in [2.05, 4.69) is 19.9 Å². The lowest BCUT2D eigenvalue weighted by molar-refractivity contribution is 0.0909. The standard InChI is InChI=1S/C14H19ClN4O/c15-13-6-5-11-14(18-13)17-9-19(11)8-2-3-10-12(20)4-1-7-16-10/h5-6,9-10,12,16,20H,1-4,7-8H2/t10-,12+/m1/s1. The van der Waals surface area contributed by atoms with E-state index in [0.29, 0.717) is 10.8 Å². The summed E-state index contributed by atoms with van der Waals surface area (Å²) in [6.45, 7) is 1.89. The van der Waals surface area contributed by atoms with Gasteiger partial charge in [0.2, 0.25) is 0 Å². The van der Waals surface area contributed by atoms with Crippen molar-refractivity contribution in [2.24, 2.45) is 0 Å². The Kier molecular flexibility index (Phi) is 4.19. The minimum absolute atomic E-state index is 0.205. The summed E-state index contributed by atoms with van der Waals surface area (Å²) in [5, 5.41) is 13.8. The first kappa shape index (κ1) is 13.8. The van der Waals surface area contributed by atoms with E-state index in [1.165, 1.54) is 0 Å². The number of rotatable bonds is 4. The van der Waals surface area contributed by atoms with Gasteiger partial charge in [-0.3, -0.25) is 0 Å². The van der Waals surface area contributed by atoms with Gasteiger partial charge in [0.1, 0.15) is 5.15 Å². The van der Waals surface area contributed by atoms with Crippen LogP contribution < -0.4 is 5.32 Å². The second-order valence-corrected chi connectivity index (χ2v) is 5.71. The molecule has 0 aromatic carbocycles. The van der Waals surface area contributed by atoms with Gasteiger partial charge in [-0.25, -0.2) is 9.97 Å². The van der Waals surface area contributed by atoms with Crippen molar-refractivity contribution in [2.75, 3.05) is 6.54 Å². The highest BCUT2D eigenvalue weighted by Gasteiger charge is 2.21. The Bertz CT molecular complexity index is 586. The first-order valence-corrected chi connectivity index (χ1v) is 7.50. The van der Waals surface area contributed by atoms with Gasteiger partial charge in [-0.05, 0) is 44.4 Å². The third-order valence-corrected chi connectivity index (χ3v) is 4.12. The summed E-state index contributed by atoms with van der Waals surface area (Å²) in [7, 11) is 0. The van der Waals surface area contributed by atoms with Gasteiger partial charge in [0.25, 0.3) is 0 Å². The monoisotopic (exact) mass is 294 g/mol. The number of piperidine rings is 1. The van der Waals surface area contributed by atoms with Crippen LogP contribution in [-0.2, 0) is 6.54 Å². The summed E-state index contributed by atoms with van der Waals surface area (Å²) in [6.07, 6.45) is 5.55. The molecular formula is C14H19ClN4O. The molecule has 1 aliphatic heterocycles. The third kappa shape index (κ3) is 2.95. The maximum atomic E-state index is 9.92. The van der Waals surface area contributed by atoms with Crippen LogP contribution in [0, 0.1) is 0 Å². The van der Waals surface area contributed by atoms with E-state index >= 15 is 0 Å². The molecule has 0 aliphatic carbocycles. The number of aliphatic hydroxyl groups is 1. The molecule has 0 radical (unpaired) electrons. The van der Waals surface area contributed by atoms with Crippen LogP contribution in [0.2, 0.25) is 5.15 Å². The van der Waals surface area contributed by atoms with Gasteiger partial charge in [-0.2, -0.15) is 0 Å². The number of aliphatic hydroxyl groups excluding tert-OH is 1. The van der Waals surface area contributed by atoms with Gasteiger partial charge in [0.05, 0.1) is 17.9 Å². The molecule has 1 fully saturated rings. The number of hydrogen-bond donors (Lipinski definition) is 2. The molecule has 20 heavy (non-hydrogen) atoms. The van der Waals surface area contributed by atoms with E-state index in [9.17, 15) is 5.11 Å². The zero-order chi connectivity index (χ0) is 13.9. The summed E-state index contributed by atoms with van der Waals surface area (Å²) in [6, 6.07) is 3.96. The number of nitrogens with one attached hydrogen (secondary N) is 1. The van der Waals surface area contributed by atoms with Crippen LogP contribution in [0.3, 0.4) is 0 Å². The molecule has 0 spiro atoms. The Morgan fingerprint density at radius 2 is 2.35 bits per heavy atom. The zero-order valence-electron chi connectivity index (χ0n) is 11.3. The first-order chi connectivity index (χ1) is 9.74. The van der Waals surface area contributed by atoms with Crippen LogP contribution in [0.25, 0.3) is 11.2 Å². The van der Waals surface area contributed by atoms with Crippen molar-refractivity contribution in [3.05, 3.63) is 23.6 Å². The van der Waals surface area contributed by atoms with E-state index in [1.807, 2.05) is 6.07 Å². The number of fused-ring (bicyclic) bond motifs is 1. The number of hydrogen-bond acceptors (Lipinski definition) is 4. The van der Waals surface area contributed by atoms with E-state index in [-0.39, 0.29) is 12.1 Å². The Balaban J connectivity index is 1.59. The fraction of sp³-hybridized carbons (Fsp3) is 0.571. The van der Waals surface area contributed by atoms with Crippen molar-refractivity contribution >= 4 is 22.8 Å². The molecule has 3 rings (SSSR count). The van der Waals surface area contributed by atoms with Crippen LogP contribution in [0.1, 0.15) is 25.7 Å². The molecule has 0 bridgehead atoms. The summed E-state index contributed by atoms with van der Waals surface area (Å²) < 4.78 is 2.09. The smallest absolute Gasteiger partial charge is 0.179 e. The molecule has 2 aromatic heterocycles. The zero-order valence-corrected chi connectivity index (χ0v) is 12.1. The maximum Gasteiger partial charge on any atom is 0.179 e. The molecular weight excluding hydrogens is 276 g/mol. The lowest BCUT2D eigenvalue weighted by Crippen LogP contribution is -2.44. The number of imidazole rings is 1. The molecule has 0 saturated carbocycles. The van der Waals surface area contributed by atoms with Crippen LogP contribution in [-0.4, -0.2) is 38.3 Å². The largest absolute Gasteiger partial charge is 0.392 e. The van der Waals surface area contributed by atoms with Crippen molar-refractivity contribution in [2.45, 2.75) is 44.4 Å². The van der Waals surface area contributed by atoms with Gasteiger partial charge >= 0.3 is 0 Å². The van der Waals surface area contributed by atoms with E-state index in [1.54, 1.807) is 12.4 Å². The van der Waals surface area contributed by atoms with Crippen LogP contribution >= 0.6 is 11.6 Å². The molecule has 3 heterocycles. The Morgan fingerprint density at radius 3 is 3.20 bits per heavy atom. The molecule has 2 N–H and O–H groups in total. The number of aromatic nitrogens is 3. The summed E-state index contributed by atoms with van der Waals surface area (Å²) in [5.74, 6) is 0. The number of pyridine rings is 1. The van der Waals surface area contributed by atoms with Gasteiger partial charge in [-0.15, -0.1) is 0 Å². The summed E-state index contributed by atoms with van der Waals surface area (Å²) in [5.41, 5.74) is 1.69. The first-order valence-electron chi connectivity index (χ1n) is 7.13. The fourth-order valence-corrected chi connectivity index (χ4v) is 2.96. The van der Waals surface area contributed by atoms with Crippen molar-refractivity contribution < 1.29 is 5.11 Å². The van der Waals surface area contributed by atoms with Crippen LogP contribution in [0.4, 0.5) is 0 Å². The van der Waals surface area contributed by atoms with Gasteiger partial charge in [-0.1, -0.05) is 11.6 Å². The van der Waals surface area contributed by atoms with Gasteiger partial charge in [0, 0.05) is 12.6 Å². The molecule has 1 saturated heterocycles. The molecule has 6 heteroatoms. The van der Waals surface area contributed by atoms with Gasteiger partial charge < -0.3 is 15.0 Å². The average molecular weight is 295 g/mol. The van der Waals surface area contributed by atoms with E-state index in [0.717, 1.165) is 44.3 Å². The normalized spacial score (nSPS) is 23.3. The number of nitrogens with zero attached hydrogens (tertiary/aromatic N) is 3. The lowest BCUT2D eigenvalue weighted by atomic mass is 9.97. The highest BCUT2D eigenvalue weighted by Crippen LogP contribution is 2.17. The van der Waals surface area contributed by atoms with Crippen molar-refractivity contribution in [1.82, 2.24) is 19.9 Å². The van der Waals surface area contributed by atoms with Crippen molar-refractivity contribution in [3.63, 3.8) is 0 Å². The quantitative estimate of drug-likeness (QED) is 0.847. The Hall–Kier alpha value is -1.17. The predicted molar refractivity (Wildman–Crippen MR) is 78.8 cm³/mol. The Morgan fingerprint density at radius 1 is 1.45 bits per heavy atom. The molecule has 0 amide bonds. The molecule has 2 atom stereocenters. The topological polar surface area (TPSA) is 63.0 Å². The summed E-state index contributed by atoms with van der Waals surface area (Å²) >= 11 is 5.85. The summed E-state index contributed by atoms with van der Waals surface area (Å²) in [4.78, 5) is 8.45. The second-order valence-electron chi connectivity index (χ2n) is 5.33. The van der Waals surface area contributed by atoms with Crippen LogP contribution in [0.5, 0.6) is 0 Å². The Labute approximate surface area is 123 Å². The highest BCUT2D eigenvalue weighted by atomic mass is 35.5. The van der Waals surface area contributed by atoms with Crippen molar-refractivity contribution in [1.29, 1.82) is 0 Å². The van der Waals surface area contributed by atoms with E-state index < -0.39 is 0 Å². The number of halogens is 1. The minimum Gasteiger partial charge on any atom is -0.392 e. The van der Waals surface area contributed by atoms with E-state index in [4.69, 9.17) is 11.6 Å². The minimum atomic E-state index is -0.205. The molecule has 0 unspecified atom stereocenters. The highest BCUT2D eigenvalue weighted by molar-refractivity contribution is 6.29. The maximum absolute atomic E-state index is 9.92. The average Bonchev–Trinajstić information content (AvgIpc) is 2.83.